The molecule has 3 nitrogen and oxygen atoms in total. The number of rotatable bonds is 3. The Morgan fingerprint density at radius 2 is 2.06 bits per heavy atom. The lowest BCUT2D eigenvalue weighted by atomic mass is 10.0. The molecule has 18 heavy (non-hydrogen) atoms. The van der Waals surface area contributed by atoms with Crippen molar-refractivity contribution in [3.05, 3.63) is 35.9 Å². The van der Waals surface area contributed by atoms with Crippen molar-refractivity contribution < 1.29 is 14.2 Å². The van der Waals surface area contributed by atoms with Crippen molar-refractivity contribution in [2.45, 2.75) is 19.6 Å². The molecule has 94 valence electrons. The summed E-state index contributed by atoms with van der Waals surface area (Å²) in [4.78, 5) is 0. The molecule has 3 heteroatoms. The van der Waals surface area contributed by atoms with E-state index in [1.54, 1.807) is 7.11 Å². The zero-order valence-electron chi connectivity index (χ0n) is 10.6. The average Bonchev–Trinajstić information content (AvgIpc) is 2.81. The van der Waals surface area contributed by atoms with Crippen LogP contribution in [0.4, 0.5) is 0 Å². The third-order valence-electron chi connectivity index (χ3n) is 3.24. The van der Waals surface area contributed by atoms with Crippen molar-refractivity contribution in [3.8, 4) is 11.5 Å². The van der Waals surface area contributed by atoms with Gasteiger partial charge in [-0.25, -0.2) is 0 Å². The fraction of sp³-hybridized carbons (Fsp3) is 0.333. The van der Waals surface area contributed by atoms with E-state index in [0.717, 1.165) is 34.3 Å². The van der Waals surface area contributed by atoms with E-state index in [2.05, 4.69) is 12.1 Å². The second kappa shape index (κ2) is 4.50. The summed E-state index contributed by atoms with van der Waals surface area (Å²) >= 11 is 0. The van der Waals surface area contributed by atoms with E-state index in [4.69, 9.17) is 14.2 Å². The molecule has 0 saturated heterocycles. The van der Waals surface area contributed by atoms with Gasteiger partial charge in [-0.05, 0) is 13.0 Å². The summed E-state index contributed by atoms with van der Waals surface area (Å²) in [5, 5.41) is 2.17. The molecule has 0 amide bonds. The zero-order chi connectivity index (χ0) is 12.5. The van der Waals surface area contributed by atoms with Gasteiger partial charge in [0.15, 0.2) is 0 Å². The summed E-state index contributed by atoms with van der Waals surface area (Å²) in [6.45, 7) is 2.64. The third-order valence-corrected chi connectivity index (χ3v) is 3.24. The second-order valence-electron chi connectivity index (χ2n) is 4.32. The predicted octanol–water partition coefficient (Wildman–Crippen LogP) is 3.15. The first-order valence-electron chi connectivity index (χ1n) is 6.20. The molecule has 1 heterocycles. The lowest BCUT2D eigenvalue weighted by molar-refractivity contribution is -0.0596. The highest BCUT2D eigenvalue weighted by molar-refractivity contribution is 5.94. The van der Waals surface area contributed by atoms with Gasteiger partial charge < -0.3 is 14.2 Å². The summed E-state index contributed by atoms with van der Waals surface area (Å²) in [5.41, 5.74) is 1.16. The number of fused-ring (bicyclic) bond motifs is 3. The van der Waals surface area contributed by atoms with Gasteiger partial charge in [-0.15, -0.1) is 0 Å². The molecule has 0 radical (unpaired) electrons. The summed E-state index contributed by atoms with van der Waals surface area (Å²) in [7, 11) is 1.70. The van der Waals surface area contributed by atoms with Crippen LogP contribution >= 0.6 is 0 Å². The summed E-state index contributed by atoms with van der Waals surface area (Å²) < 4.78 is 16.9. The van der Waals surface area contributed by atoms with E-state index in [9.17, 15) is 0 Å². The Hall–Kier alpha value is -1.74. The van der Waals surface area contributed by atoms with Crippen molar-refractivity contribution >= 4 is 10.8 Å². The Kier molecular flexibility index (Phi) is 2.84. The molecule has 0 unspecified atom stereocenters. The Bertz CT molecular complexity index is 577. The highest BCUT2D eigenvalue weighted by Gasteiger charge is 2.26. The Morgan fingerprint density at radius 1 is 1.28 bits per heavy atom. The molecule has 0 aromatic heterocycles. The maximum atomic E-state index is 5.88. The van der Waals surface area contributed by atoms with Gasteiger partial charge in [0, 0.05) is 29.4 Å². The topological polar surface area (TPSA) is 27.7 Å². The van der Waals surface area contributed by atoms with Gasteiger partial charge in [-0.1, -0.05) is 24.3 Å². The maximum Gasteiger partial charge on any atom is 0.204 e. The molecule has 1 atom stereocenters. The fourth-order valence-corrected chi connectivity index (χ4v) is 2.46. The number of hydrogen-bond acceptors (Lipinski definition) is 3. The SMILES string of the molecule is CCO[C@H]1Cc2cc(OC)c3ccccc3c2O1. The Morgan fingerprint density at radius 3 is 2.78 bits per heavy atom. The fourth-order valence-electron chi connectivity index (χ4n) is 2.46. The first-order chi connectivity index (χ1) is 8.83. The zero-order valence-corrected chi connectivity index (χ0v) is 10.6. The summed E-state index contributed by atoms with van der Waals surface area (Å²) in [5.74, 6) is 1.83. The van der Waals surface area contributed by atoms with Crippen LogP contribution in [0.3, 0.4) is 0 Å². The number of hydrogen-bond donors (Lipinski definition) is 0. The van der Waals surface area contributed by atoms with E-state index < -0.39 is 0 Å². The summed E-state index contributed by atoms with van der Waals surface area (Å²) in [6.07, 6.45) is 0.616. The van der Waals surface area contributed by atoms with Crippen LogP contribution in [0.5, 0.6) is 11.5 Å². The minimum Gasteiger partial charge on any atom is -0.496 e. The highest BCUT2D eigenvalue weighted by atomic mass is 16.7. The molecule has 0 saturated carbocycles. The molecule has 2 aromatic rings. The normalized spacial score (nSPS) is 17.6. The van der Waals surface area contributed by atoms with Crippen LogP contribution < -0.4 is 9.47 Å². The minimum atomic E-state index is -0.166. The molecule has 2 aromatic carbocycles. The quantitative estimate of drug-likeness (QED) is 0.830. The largest absolute Gasteiger partial charge is 0.496 e. The first-order valence-corrected chi connectivity index (χ1v) is 6.20. The minimum absolute atomic E-state index is 0.166. The first kappa shape index (κ1) is 11.4. The maximum absolute atomic E-state index is 5.88. The predicted molar refractivity (Wildman–Crippen MR) is 70.2 cm³/mol. The molecule has 1 aliphatic rings. The lowest BCUT2D eigenvalue weighted by Gasteiger charge is -2.11. The van der Waals surface area contributed by atoms with Crippen LogP contribution in [0.15, 0.2) is 30.3 Å². The van der Waals surface area contributed by atoms with Crippen molar-refractivity contribution in [1.29, 1.82) is 0 Å². The van der Waals surface area contributed by atoms with Crippen LogP contribution in [-0.2, 0) is 11.2 Å². The highest BCUT2D eigenvalue weighted by Crippen LogP contribution is 2.41. The molecular formula is C15H16O3. The molecule has 1 aliphatic heterocycles. The second-order valence-corrected chi connectivity index (χ2v) is 4.32. The van der Waals surface area contributed by atoms with Crippen LogP contribution in [0.25, 0.3) is 10.8 Å². The average molecular weight is 244 g/mol. The van der Waals surface area contributed by atoms with Crippen LogP contribution in [0.1, 0.15) is 12.5 Å². The van der Waals surface area contributed by atoms with E-state index in [1.807, 2.05) is 25.1 Å². The van der Waals surface area contributed by atoms with Crippen molar-refractivity contribution in [2.24, 2.45) is 0 Å². The molecule has 0 aliphatic carbocycles. The lowest BCUT2D eigenvalue weighted by Crippen LogP contribution is -2.17. The molecular weight excluding hydrogens is 228 g/mol. The van der Waals surface area contributed by atoms with Gasteiger partial charge in [0.2, 0.25) is 6.29 Å². The van der Waals surface area contributed by atoms with Gasteiger partial charge >= 0.3 is 0 Å². The molecule has 0 fully saturated rings. The van der Waals surface area contributed by atoms with Gasteiger partial charge in [0.05, 0.1) is 7.11 Å². The van der Waals surface area contributed by atoms with Gasteiger partial charge in [0.25, 0.3) is 0 Å². The van der Waals surface area contributed by atoms with Crippen molar-refractivity contribution in [2.75, 3.05) is 13.7 Å². The van der Waals surface area contributed by atoms with Gasteiger partial charge in [-0.2, -0.15) is 0 Å². The van der Waals surface area contributed by atoms with E-state index in [1.165, 1.54) is 0 Å². The van der Waals surface area contributed by atoms with E-state index in [-0.39, 0.29) is 6.29 Å². The molecule has 0 bridgehead atoms. The molecule has 0 N–H and O–H groups in total. The molecule has 0 spiro atoms. The van der Waals surface area contributed by atoms with Crippen LogP contribution in [0.2, 0.25) is 0 Å². The van der Waals surface area contributed by atoms with Gasteiger partial charge in [0.1, 0.15) is 11.5 Å². The van der Waals surface area contributed by atoms with Crippen molar-refractivity contribution in [3.63, 3.8) is 0 Å². The smallest absolute Gasteiger partial charge is 0.204 e. The number of ether oxygens (including phenoxy) is 3. The van der Waals surface area contributed by atoms with Crippen LogP contribution in [-0.4, -0.2) is 20.0 Å². The van der Waals surface area contributed by atoms with E-state index >= 15 is 0 Å². The third kappa shape index (κ3) is 1.71. The Labute approximate surface area is 106 Å². The number of benzene rings is 2. The van der Waals surface area contributed by atoms with E-state index in [0.29, 0.717) is 6.61 Å². The van der Waals surface area contributed by atoms with Crippen molar-refractivity contribution in [1.82, 2.24) is 0 Å². The molecule has 3 rings (SSSR count). The Balaban J connectivity index is 2.13. The van der Waals surface area contributed by atoms with Crippen LogP contribution in [0, 0.1) is 0 Å². The van der Waals surface area contributed by atoms with Gasteiger partial charge in [-0.3, -0.25) is 0 Å². The standard InChI is InChI=1S/C15H16O3/c1-3-17-14-9-10-8-13(16-2)11-6-4-5-7-12(11)15(10)18-14/h4-8,14H,3,9H2,1-2H3/t14-/m1/s1. The monoisotopic (exact) mass is 244 g/mol. The summed E-state index contributed by atoms with van der Waals surface area (Å²) in [6, 6.07) is 10.2. The number of methoxy groups -OCH3 is 1.